The molecule has 0 aliphatic carbocycles. The third-order valence-electron chi connectivity index (χ3n) is 4.15. The highest BCUT2D eigenvalue weighted by atomic mass is 16.5. The van der Waals surface area contributed by atoms with Crippen molar-refractivity contribution in [2.75, 3.05) is 47.4 Å². The molecule has 2 rings (SSSR count). The summed E-state index contributed by atoms with van der Waals surface area (Å²) in [6, 6.07) is 6.98. The highest BCUT2D eigenvalue weighted by molar-refractivity contribution is 5.36. The molecule has 0 aromatic heterocycles. The maximum Gasteiger partial charge on any atom is 0.121 e. The molecule has 1 aromatic rings. The van der Waals surface area contributed by atoms with Crippen molar-refractivity contribution in [2.24, 2.45) is 0 Å². The van der Waals surface area contributed by atoms with Crippen molar-refractivity contribution in [3.05, 3.63) is 29.3 Å². The summed E-state index contributed by atoms with van der Waals surface area (Å²) in [7, 11) is 6.14. The van der Waals surface area contributed by atoms with E-state index in [1.165, 1.54) is 17.7 Å². The van der Waals surface area contributed by atoms with E-state index in [0.29, 0.717) is 6.04 Å². The van der Waals surface area contributed by atoms with Gasteiger partial charge < -0.3 is 15.0 Å². The molecule has 1 aliphatic rings. The summed E-state index contributed by atoms with van der Waals surface area (Å²) >= 11 is 0. The van der Waals surface area contributed by atoms with Crippen LogP contribution in [0.2, 0.25) is 0 Å². The van der Waals surface area contributed by atoms with Gasteiger partial charge in [-0.05, 0) is 38.2 Å². The molecule has 112 valence electrons. The van der Waals surface area contributed by atoms with Gasteiger partial charge in [0.25, 0.3) is 0 Å². The number of hydrogen-bond acceptors (Lipinski definition) is 4. The van der Waals surface area contributed by atoms with Crippen LogP contribution in [0.5, 0.6) is 5.75 Å². The highest BCUT2D eigenvalue weighted by Crippen LogP contribution is 2.18. The topological polar surface area (TPSA) is 27.7 Å². The Balaban J connectivity index is 1.82. The number of benzene rings is 1. The molecule has 1 N–H and O–H groups in total. The largest absolute Gasteiger partial charge is 0.496 e. The molecule has 4 heteroatoms. The van der Waals surface area contributed by atoms with Crippen LogP contribution in [0.25, 0.3) is 0 Å². The molecular weight excluding hydrogens is 250 g/mol. The molecule has 1 aromatic carbocycles. The molecular formula is C16H27N3O. The Morgan fingerprint density at radius 1 is 1.30 bits per heavy atom. The van der Waals surface area contributed by atoms with Crippen molar-refractivity contribution >= 4 is 0 Å². The second kappa shape index (κ2) is 7.07. The number of hydrogen-bond donors (Lipinski definition) is 1. The lowest BCUT2D eigenvalue weighted by Gasteiger charge is -2.37. The maximum absolute atomic E-state index is 5.29. The Morgan fingerprint density at radius 3 is 2.80 bits per heavy atom. The van der Waals surface area contributed by atoms with Gasteiger partial charge in [0.05, 0.1) is 7.11 Å². The number of likely N-dealkylation sites (N-methyl/N-ethyl adjacent to an activating group) is 2. The number of ether oxygens (including phenoxy) is 1. The lowest BCUT2D eigenvalue weighted by atomic mass is 10.1. The van der Waals surface area contributed by atoms with Crippen LogP contribution in [0.1, 0.15) is 11.1 Å². The zero-order valence-electron chi connectivity index (χ0n) is 13.1. The first-order valence-electron chi connectivity index (χ1n) is 7.33. The Labute approximate surface area is 122 Å². The number of methoxy groups -OCH3 is 1. The van der Waals surface area contributed by atoms with Crippen LogP contribution in [0.4, 0.5) is 0 Å². The molecule has 0 spiro atoms. The van der Waals surface area contributed by atoms with Crippen molar-refractivity contribution in [3.63, 3.8) is 0 Å². The van der Waals surface area contributed by atoms with Gasteiger partial charge in [-0.3, -0.25) is 4.90 Å². The number of rotatable bonds is 5. The molecule has 20 heavy (non-hydrogen) atoms. The SMILES string of the molecule is COc1ccc(CNCC2CN(C)CCN2C)cc1C. The van der Waals surface area contributed by atoms with Crippen molar-refractivity contribution < 1.29 is 4.74 Å². The summed E-state index contributed by atoms with van der Waals surface area (Å²) in [6.45, 7) is 7.51. The van der Waals surface area contributed by atoms with Crippen LogP contribution in [0.3, 0.4) is 0 Å². The molecule has 0 saturated carbocycles. The summed E-state index contributed by atoms with van der Waals surface area (Å²) in [6.07, 6.45) is 0. The fourth-order valence-corrected chi connectivity index (χ4v) is 2.76. The van der Waals surface area contributed by atoms with Gasteiger partial charge in [-0.2, -0.15) is 0 Å². The fraction of sp³-hybridized carbons (Fsp3) is 0.625. The van der Waals surface area contributed by atoms with E-state index in [4.69, 9.17) is 4.74 Å². The Morgan fingerprint density at radius 2 is 2.10 bits per heavy atom. The first kappa shape index (κ1) is 15.3. The minimum absolute atomic E-state index is 0.605. The number of aryl methyl sites for hydroxylation is 1. The summed E-state index contributed by atoms with van der Waals surface area (Å²) in [5.41, 5.74) is 2.51. The van der Waals surface area contributed by atoms with Gasteiger partial charge in [0.15, 0.2) is 0 Å². The second-order valence-electron chi connectivity index (χ2n) is 5.83. The highest BCUT2D eigenvalue weighted by Gasteiger charge is 2.21. The molecule has 1 unspecified atom stereocenters. The van der Waals surface area contributed by atoms with E-state index >= 15 is 0 Å². The zero-order chi connectivity index (χ0) is 14.5. The monoisotopic (exact) mass is 277 g/mol. The Hall–Kier alpha value is -1.10. The molecule has 1 atom stereocenters. The van der Waals surface area contributed by atoms with Crippen LogP contribution in [-0.4, -0.2) is 63.2 Å². The van der Waals surface area contributed by atoms with E-state index in [-0.39, 0.29) is 0 Å². The van der Waals surface area contributed by atoms with E-state index in [1.54, 1.807) is 7.11 Å². The minimum Gasteiger partial charge on any atom is -0.496 e. The smallest absolute Gasteiger partial charge is 0.121 e. The number of piperazine rings is 1. The lowest BCUT2D eigenvalue weighted by Crippen LogP contribution is -2.53. The molecule has 4 nitrogen and oxygen atoms in total. The predicted octanol–water partition coefficient (Wildman–Crippen LogP) is 1.34. The minimum atomic E-state index is 0.605. The van der Waals surface area contributed by atoms with E-state index in [0.717, 1.165) is 31.9 Å². The van der Waals surface area contributed by atoms with Gasteiger partial charge in [0.1, 0.15) is 5.75 Å². The van der Waals surface area contributed by atoms with Crippen molar-refractivity contribution in [1.82, 2.24) is 15.1 Å². The van der Waals surface area contributed by atoms with Crippen LogP contribution in [-0.2, 0) is 6.54 Å². The van der Waals surface area contributed by atoms with Crippen LogP contribution in [0, 0.1) is 6.92 Å². The van der Waals surface area contributed by atoms with Gasteiger partial charge in [0, 0.05) is 38.8 Å². The van der Waals surface area contributed by atoms with E-state index in [9.17, 15) is 0 Å². The van der Waals surface area contributed by atoms with Gasteiger partial charge in [0.2, 0.25) is 0 Å². The van der Waals surface area contributed by atoms with E-state index in [2.05, 4.69) is 48.3 Å². The normalized spacial score (nSPS) is 21.1. The van der Waals surface area contributed by atoms with Crippen molar-refractivity contribution in [2.45, 2.75) is 19.5 Å². The molecule has 1 aliphatic heterocycles. The van der Waals surface area contributed by atoms with E-state index in [1.807, 2.05) is 6.07 Å². The summed E-state index contributed by atoms with van der Waals surface area (Å²) in [5.74, 6) is 0.961. The first-order chi connectivity index (χ1) is 9.60. The number of nitrogens with one attached hydrogen (secondary N) is 1. The molecule has 1 fully saturated rings. The van der Waals surface area contributed by atoms with Gasteiger partial charge in [-0.25, -0.2) is 0 Å². The summed E-state index contributed by atoms with van der Waals surface area (Å²) < 4.78 is 5.29. The fourth-order valence-electron chi connectivity index (χ4n) is 2.76. The second-order valence-corrected chi connectivity index (χ2v) is 5.83. The first-order valence-corrected chi connectivity index (χ1v) is 7.33. The molecule has 1 saturated heterocycles. The Kier molecular flexibility index (Phi) is 5.40. The molecule has 0 bridgehead atoms. The number of nitrogens with zero attached hydrogens (tertiary/aromatic N) is 2. The standard InChI is InChI=1S/C16H27N3O/c1-13-9-14(5-6-16(13)20-4)10-17-11-15-12-18(2)7-8-19(15)3/h5-6,9,15,17H,7-8,10-12H2,1-4H3. The summed E-state index contributed by atoms with van der Waals surface area (Å²) in [4.78, 5) is 4.86. The third-order valence-corrected chi connectivity index (χ3v) is 4.15. The molecule has 1 heterocycles. The van der Waals surface area contributed by atoms with Gasteiger partial charge in [-0.15, -0.1) is 0 Å². The lowest BCUT2D eigenvalue weighted by molar-refractivity contribution is 0.113. The maximum atomic E-state index is 5.29. The van der Waals surface area contributed by atoms with Crippen LogP contribution < -0.4 is 10.1 Å². The molecule has 0 radical (unpaired) electrons. The predicted molar refractivity (Wildman–Crippen MR) is 83.4 cm³/mol. The third kappa shape index (κ3) is 3.95. The summed E-state index contributed by atoms with van der Waals surface area (Å²) in [5, 5.41) is 3.58. The van der Waals surface area contributed by atoms with Crippen LogP contribution >= 0.6 is 0 Å². The van der Waals surface area contributed by atoms with Crippen LogP contribution in [0.15, 0.2) is 18.2 Å². The average Bonchev–Trinajstić information content (AvgIpc) is 2.43. The Bertz CT molecular complexity index is 436. The van der Waals surface area contributed by atoms with Gasteiger partial charge >= 0.3 is 0 Å². The van der Waals surface area contributed by atoms with Gasteiger partial charge in [-0.1, -0.05) is 12.1 Å². The molecule has 0 amide bonds. The quantitative estimate of drug-likeness (QED) is 0.879. The van der Waals surface area contributed by atoms with Crippen molar-refractivity contribution in [3.8, 4) is 5.75 Å². The van der Waals surface area contributed by atoms with E-state index < -0.39 is 0 Å². The zero-order valence-corrected chi connectivity index (χ0v) is 13.1. The average molecular weight is 277 g/mol. The van der Waals surface area contributed by atoms with Crippen molar-refractivity contribution in [1.29, 1.82) is 0 Å².